The van der Waals surface area contributed by atoms with E-state index in [2.05, 4.69) is 5.32 Å². The topological polar surface area (TPSA) is 33.0 Å². The third kappa shape index (κ3) is 3.19. The van der Waals surface area contributed by atoms with E-state index < -0.39 is 0 Å². The molecule has 1 heterocycles. The van der Waals surface area contributed by atoms with Gasteiger partial charge in [0.25, 0.3) is 5.91 Å². The van der Waals surface area contributed by atoms with Gasteiger partial charge in [-0.1, -0.05) is 23.8 Å². The lowest BCUT2D eigenvalue weighted by molar-refractivity contribution is -0.711. The van der Waals surface area contributed by atoms with E-state index in [-0.39, 0.29) is 11.9 Å². The number of anilines is 1. The molecule has 0 aliphatic carbocycles. The van der Waals surface area contributed by atoms with Gasteiger partial charge in [0.2, 0.25) is 6.04 Å². The molecular formula is C16H19N2O+. The number of amides is 1. The standard InChI is InChI=1S/C16H18N2O/c1-12-7-9-15(10-8-12)17-16(19)14(3)18-11-5-4-6-13(18)2/h4-11,14H,1-3H3/p+1/t14-/m1/s1. The quantitative estimate of drug-likeness (QED) is 0.841. The van der Waals surface area contributed by atoms with Crippen molar-refractivity contribution in [1.82, 2.24) is 0 Å². The molecule has 0 aliphatic rings. The second-order valence-corrected chi connectivity index (χ2v) is 4.78. The van der Waals surface area contributed by atoms with Crippen molar-refractivity contribution in [1.29, 1.82) is 0 Å². The Morgan fingerprint density at radius 2 is 1.79 bits per heavy atom. The number of pyridine rings is 1. The number of benzene rings is 1. The van der Waals surface area contributed by atoms with Crippen LogP contribution in [0, 0.1) is 13.8 Å². The third-order valence-electron chi connectivity index (χ3n) is 3.22. The summed E-state index contributed by atoms with van der Waals surface area (Å²) in [6.07, 6.45) is 1.93. The Morgan fingerprint density at radius 1 is 1.11 bits per heavy atom. The first-order valence-corrected chi connectivity index (χ1v) is 6.42. The SMILES string of the molecule is Cc1ccc(NC(=O)[C@@H](C)[n+]2ccccc2C)cc1. The van der Waals surface area contributed by atoms with Crippen molar-refractivity contribution in [2.75, 3.05) is 5.32 Å². The van der Waals surface area contributed by atoms with Crippen LogP contribution in [0.1, 0.15) is 24.2 Å². The van der Waals surface area contributed by atoms with Gasteiger partial charge in [0, 0.05) is 31.7 Å². The number of nitrogens with zero attached hydrogens (tertiary/aromatic N) is 1. The predicted molar refractivity (Wildman–Crippen MR) is 75.9 cm³/mol. The summed E-state index contributed by atoms with van der Waals surface area (Å²) >= 11 is 0. The number of carbonyl (C=O) groups is 1. The number of aromatic nitrogens is 1. The molecule has 0 fully saturated rings. The van der Waals surface area contributed by atoms with Gasteiger partial charge >= 0.3 is 0 Å². The Balaban J connectivity index is 2.12. The molecule has 3 heteroatoms. The molecule has 3 nitrogen and oxygen atoms in total. The normalized spacial score (nSPS) is 11.9. The Morgan fingerprint density at radius 3 is 2.42 bits per heavy atom. The van der Waals surface area contributed by atoms with Gasteiger partial charge in [-0.2, -0.15) is 4.57 Å². The number of aryl methyl sites for hydroxylation is 2. The van der Waals surface area contributed by atoms with Gasteiger partial charge in [-0.3, -0.25) is 4.79 Å². The van der Waals surface area contributed by atoms with Crippen LogP contribution in [0.25, 0.3) is 0 Å². The van der Waals surface area contributed by atoms with Crippen LogP contribution in [0.4, 0.5) is 5.69 Å². The first-order valence-electron chi connectivity index (χ1n) is 6.42. The molecule has 19 heavy (non-hydrogen) atoms. The summed E-state index contributed by atoms with van der Waals surface area (Å²) in [5.41, 5.74) is 3.07. The van der Waals surface area contributed by atoms with E-state index in [1.54, 1.807) is 0 Å². The van der Waals surface area contributed by atoms with Crippen LogP contribution in [-0.2, 0) is 4.79 Å². The molecule has 0 saturated heterocycles. The minimum absolute atomic E-state index is 0.0110. The van der Waals surface area contributed by atoms with Crippen LogP contribution in [0.15, 0.2) is 48.7 Å². The van der Waals surface area contributed by atoms with Crippen LogP contribution in [0.5, 0.6) is 0 Å². The van der Waals surface area contributed by atoms with Crippen molar-refractivity contribution in [2.24, 2.45) is 0 Å². The van der Waals surface area contributed by atoms with Gasteiger partial charge in [0.1, 0.15) is 0 Å². The van der Waals surface area contributed by atoms with Crippen molar-refractivity contribution < 1.29 is 9.36 Å². The summed E-state index contributed by atoms with van der Waals surface area (Å²) in [7, 11) is 0. The Kier molecular flexibility index (Phi) is 3.95. The van der Waals surface area contributed by atoms with Crippen molar-refractivity contribution in [3.63, 3.8) is 0 Å². The Bertz CT molecular complexity index is 576. The number of hydrogen-bond donors (Lipinski definition) is 1. The number of carbonyl (C=O) groups excluding carboxylic acids is 1. The van der Waals surface area contributed by atoms with E-state index in [1.807, 2.05) is 74.0 Å². The van der Waals surface area contributed by atoms with Gasteiger partial charge in [0.05, 0.1) is 0 Å². The fraction of sp³-hybridized carbons (Fsp3) is 0.250. The minimum Gasteiger partial charge on any atom is -0.320 e. The van der Waals surface area contributed by atoms with E-state index in [1.165, 1.54) is 5.56 Å². The molecule has 98 valence electrons. The molecule has 1 aromatic heterocycles. The van der Waals surface area contributed by atoms with E-state index in [0.717, 1.165) is 11.4 Å². The second kappa shape index (κ2) is 5.65. The number of hydrogen-bond acceptors (Lipinski definition) is 1. The third-order valence-corrected chi connectivity index (χ3v) is 3.22. The highest BCUT2D eigenvalue weighted by molar-refractivity contribution is 5.92. The first kappa shape index (κ1) is 13.3. The highest BCUT2D eigenvalue weighted by Gasteiger charge is 2.23. The Hall–Kier alpha value is -2.16. The lowest BCUT2D eigenvalue weighted by Crippen LogP contribution is -2.46. The van der Waals surface area contributed by atoms with Crippen molar-refractivity contribution in [3.05, 3.63) is 59.9 Å². The van der Waals surface area contributed by atoms with Crippen LogP contribution in [0.2, 0.25) is 0 Å². The molecule has 1 atom stereocenters. The maximum atomic E-state index is 12.2. The zero-order valence-corrected chi connectivity index (χ0v) is 11.6. The minimum atomic E-state index is -0.234. The Labute approximate surface area is 113 Å². The molecule has 0 saturated carbocycles. The first-order chi connectivity index (χ1) is 9.08. The van der Waals surface area contributed by atoms with Gasteiger partial charge in [-0.25, -0.2) is 0 Å². The number of nitrogens with one attached hydrogen (secondary N) is 1. The lowest BCUT2D eigenvalue weighted by Gasteiger charge is -2.10. The summed E-state index contributed by atoms with van der Waals surface area (Å²) in [6, 6.07) is 13.5. The van der Waals surface area contributed by atoms with Crippen molar-refractivity contribution in [3.8, 4) is 0 Å². The molecule has 0 unspecified atom stereocenters. The molecular weight excluding hydrogens is 236 g/mol. The maximum absolute atomic E-state index is 12.2. The smallest absolute Gasteiger partial charge is 0.293 e. The molecule has 1 N–H and O–H groups in total. The van der Waals surface area contributed by atoms with Crippen molar-refractivity contribution in [2.45, 2.75) is 26.8 Å². The highest BCUT2D eigenvalue weighted by atomic mass is 16.2. The van der Waals surface area contributed by atoms with Crippen LogP contribution >= 0.6 is 0 Å². The largest absolute Gasteiger partial charge is 0.320 e. The highest BCUT2D eigenvalue weighted by Crippen LogP contribution is 2.10. The monoisotopic (exact) mass is 255 g/mol. The average molecular weight is 255 g/mol. The van der Waals surface area contributed by atoms with Gasteiger partial charge in [0.15, 0.2) is 11.9 Å². The second-order valence-electron chi connectivity index (χ2n) is 4.78. The molecule has 2 aromatic rings. The molecule has 1 aromatic carbocycles. The zero-order valence-electron chi connectivity index (χ0n) is 11.6. The van der Waals surface area contributed by atoms with E-state index in [9.17, 15) is 4.79 Å². The zero-order chi connectivity index (χ0) is 13.8. The lowest BCUT2D eigenvalue weighted by atomic mass is 10.2. The van der Waals surface area contributed by atoms with Gasteiger partial charge in [-0.15, -0.1) is 0 Å². The summed E-state index contributed by atoms with van der Waals surface area (Å²) in [5.74, 6) is -0.0110. The molecule has 0 bridgehead atoms. The van der Waals surface area contributed by atoms with Gasteiger partial charge < -0.3 is 5.32 Å². The van der Waals surface area contributed by atoms with Crippen LogP contribution < -0.4 is 9.88 Å². The van der Waals surface area contributed by atoms with Crippen LogP contribution in [-0.4, -0.2) is 5.91 Å². The summed E-state index contributed by atoms with van der Waals surface area (Å²) < 4.78 is 1.96. The van der Waals surface area contributed by atoms with E-state index in [0.29, 0.717) is 0 Å². The fourth-order valence-corrected chi connectivity index (χ4v) is 1.99. The van der Waals surface area contributed by atoms with Gasteiger partial charge in [-0.05, 0) is 19.1 Å². The number of rotatable bonds is 3. The molecule has 0 radical (unpaired) electrons. The van der Waals surface area contributed by atoms with E-state index in [4.69, 9.17) is 0 Å². The molecule has 0 aliphatic heterocycles. The average Bonchev–Trinajstić information content (AvgIpc) is 2.41. The maximum Gasteiger partial charge on any atom is 0.293 e. The van der Waals surface area contributed by atoms with Crippen LogP contribution in [0.3, 0.4) is 0 Å². The fourth-order valence-electron chi connectivity index (χ4n) is 1.99. The predicted octanol–water partition coefficient (Wildman–Crippen LogP) is 2.79. The molecule has 0 spiro atoms. The molecule has 1 amide bonds. The van der Waals surface area contributed by atoms with Crippen molar-refractivity contribution >= 4 is 11.6 Å². The summed E-state index contributed by atoms with van der Waals surface area (Å²) in [5, 5.41) is 2.93. The summed E-state index contributed by atoms with van der Waals surface area (Å²) in [4.78, 5) is 12.2. The van der Waals surface area contributed by atoms with E-state index >= 15 is 0 Å². The summed E-state index contributed by atoms with van der Waals surface area (Å²) in [6.45, 7) is 5.92. The molecule has 2 rings (SSSR count).